The lowest BCUT2D eigenvalue weighted by Gasteiger charge is -2.12. The number of hydrogen-bond acceptors (Lipinski definition) is 6. The van der Waals surface area contributed by atoms with Crippen molar-refractivity contribution in [2.45, 2.75) is 33.4 Å². The first-order chi connectivity index (χ1) is 14.3. The van der Waals surface area contributed by atoms with Crippen molar-refractivity contribution >= 4 is 51.1 Å². The van der Waals surface area contributed by atoms with E-state index in [9.17, 15) is 14.4 Å². The Labute approximate surface area is 182 Å². The quantitative estimate of drug-likeness (QED) is 0.562. The number of benzene rings is 1. The molecule has 10 heteroatoms. The number of ether oxygens (including phenoxy) is 1. The molecule has 0 aliphatic heterocycles. The Kier molecular flexibility index (Phi) is 6.73. The predicted molar refractivity (Wildman–Crippen MR) is 115 cm³/mol. The molecule has 2 heterocycles. The smallest absolute Gasteiger partial charge is 0.349 e. The van der Waals surface area contributed by atoms with E-state index in [1.54, 1.807) is 17.7 Å². The fraction of sp³-hybridized carbons (Fsp3) is 0.300. The number of rotatable bonds is 6. The summed E-state index contributed by atoms with van der Waals surface area (Å²) in [6, 6.07) is 8.56. The molecule has 2 N–H and O–H groups in total. The molecule has 30 heavy (non-hydrogen) atoms. The van der Waals surface area contributed by atoms with E-state index in [0.29, 0.717) is 23.0 Å². The summed E-state index contributed by atoms with van der Waals surface area (Å²) in [5, 5.41) is 10.6. The van der Waals surface area contributed by atoms with Gasteiger partial charge in [0.1, 0.15) is 9.71 Å². The predicted octanol–water partition coefficient (Wildman–Crippen LogP) is 3.50. The molecule has 0 unspecified atom stereocenters. The molecule has 0 fully saturated rings. The van der Waals surface area contributed by atoms with Crippen LogP contribution in [0, 0.1) is 6.92 Å². The molecule has 1 atom stereocenters. The molecular weight excluding hydrogens is 428 g/mol. The number of fused-ring (bicyclic) bond motifs is 1. The summed E-state index contributed by atoms with van der Waals surface area (Å²) < 4.78 is 7.01. The van der Waals surface area contributed by atoms with Crippen molar-refractivity contribution in [1.82, 2.24) is 20.4 Å². The first-order valence-corrected chi connectivity index (χ1v) is 10.5. The number of aryl methyl sites for hydroxylation is 1. The summed E-state index contributed by atoms with van der Waals surface area (Å²) in [6.45, 7) is 5.83. The van der Waals surface area contributed by atoms with Crippen LogP contribution >= 0.6 is 22.9 Å². The zero-order valence-corrected chi connectivity index (χ0v) is 18.3. The van der Waals surface area contributed by atoms with Crippen LogP contribution in [0.3, 0.4) is 0 Å². The molecule has 1 aromatic carbocycles. The van der Waals surface area contributed by atoms with E-state index in [1.165, 1.54) is 18.3 Å². The van der Waals surface area contributed by atoms with Gasteiger partial charge in [-0.3, -0.25) is 14.8 Å². The standard InChI is InChI=1S/C20H21ClN4O4S/c1-4-22-20(28)23-17(26)12(3)29-19(27)16-9-14-11(2)24-25(18(14)30-16)10-13-7-5-6-8-15(13)21/h5-9,12H,4,10H2,1-3H3,(H2,22,23,26,28)/t12-/m1/s1. The van der Waals surface area contributed by atoms with Crippen molar-refractivity contribution in [2.75, 3.05) is 6.54 Å². The highest BCUT2D eigenvalue weighted by molar-refractivity contribution is 7.20. The summed E-state index contributed by atoms with van der Waals surface area (Å²) in [7, 11) is 0. The molecule has 0 saturated heterocycles. The maximum atomic E-state index is 12.5. The summed E-state index contributed by atoms with van der Waals surface area (Å²) in [5.41, 5.74) is 1.69. The monoisotopic (exact) mass is 448 g/mol. The van der Waals surface area contributed by atoms with Crippen molar-refractivity contribution in [3.8, 4) is 0 Å². The van der Waals surface area contributed by atoms with Gasteiger partial charge in [-0.2, -0.15) is 5.10 Å². The third-order valence-electron chi connectivity index (χ3n) is 4.31. The zero-order chi connectivity index (χ0) is 21.8. The largest absolute Gasteiger partial charge is 0.448 e. The van der Waals surface area contributed by atoms with Crippen molar-refractivity contribution < 1.29 is 19.1 Å². The lowest BCUT2D eigenvalue weighted by atomic mass is 10.2. The minimum absolute atomic E-state index is 0.344. The highest BCUT2D eigenvalue weighted by atomic mass is 35.5. The average Bonchev–Trinajstić information content (AvgIpc) is 3.25. The van der Waals surface area contributed by atoms with Gasteiger partial charge >= 0.3 is 12.0 Å². The van der Waals surface area contributed by atoms with Crippen LogP contribution in [0.15, 0.2) is 30.3 Å². The number of hydrogen-bond donors (Lipinski definition) is 2. The Balaban J connectivity index is 1.75. The highest BCUT2D eigenvalue weighted by Crippen LogP contribution is 2.30. The first kappa shape index (κ1) is 21.8. The fourth-order valence-corrected chi connectivity index (χ4v) is 4.04. The SMILES string of the molecule is CCNC(=O)NC(=O)[C@@H](C)OC(=O)c1cc2c(C)nn(Cc3ccccc3Cl)c2s1. The summed E-state index contributed by atoms with van der Waals surface area (Å²) in [4.78, 5) is 37.1. The Morgan fingerprint density at radius 3 is 2.73 bits per heavy atom. The van der Waals surface area contributed by atoms with Crippen molar-refractivity contribution in [2.24, 2.45) is 0 Å². The lowest BCUT2D eigenvalue weighted by molar-refractivity contribution is -0.127. The number of carbonyl (C=O) groups is 3. The first-order valence-electron chi connectivity index (χ1n) is 9.30. The van der Waals surface area contributed by atoms with Crippen molar-refractivity contribution in [3.05, 3.63) is 51.5 Å². The molecule has 8 nitrogen and oxygen atoms in total. The Morgan fingerprint density at radius 1 is 1.30 bits per heavy atom. The second kappa shape index (κ2) is 9.27. The molecule has 0 radical (unpaired) electrons. The van der Waals surface area contributed by atoms with Crippen LogP contribution in [-0.4, -0.2) is 40.3 Å². The van der Waals surface area contributed by atoms with Gasteiger partial charge in [-0.05, 0) is 38.5 Å². The molecule has 0 bridgehead atoms. The van der Waals surface area contributed by atoms with Crippen LogP contribution in [0.2, 0.25) is 5.02 Å². The molecule has 0 saturated carbocycles. The van der Waals surface area contributed by atoms with Gasteiger partial charge in [-0.1, -0.05) is 29.8 Å². The molecular formula is C20H21ClN4O4S. The Morgan fingerprint density at radius 2 is 2.03 bits per heavy atom. The number of aromatic nitrogens is 2. The van der Waals surface area contributed by atoms with Crippen LogP contribution in [-0.2, 0) is 16.1 Å². The molecule has 3 rings (SSSR count). The van der Waals surface area contributed by atoms with Crippen molar-refractivity contribution in [3.63, 3.8) is 0 Å². The number of amides is 3. The second-order valence-electron chi connectivity index (χ2n) is 6.56. The van der Waals surface area contributed by atoms with Crippen molar-refractivity contribution in [1.29, 1.82) is 0 Å². The summed E-state index contributed by atoms with van der Waals surface area (Å²) in [5.74, 6) is -1.34. The molecule has 0 spiro atoms. The van der Waals surface area contributed by atoms with E-state index in [1.807, 2.05) is 31.2 Å². The molecule has 2 aromatic heterocycles. The number of nitrogens with one attached hydrogen (secondary N) is 2. The lowest BCUT2D eigenvalue weighted by Crippen LogP contribution is -2.44. The zero-order valence-electron chi connectivity index (χ0n) is 16.7. The second-order valence-corrected chi connectivity index (χ2v) is 8.00. The van der Waals surface area contributed by atoms with E-state index < -0.39 is 24.0 Å². The Hall–Kier alpha value is -2.91. The topological polar surface area (TPSA) is 102 Å². The number of carbonyl (C=O) groups excluding carboxylic acids is 3. The van der Waals surface area contributed by atoms with Gasteiger partial charge in [0.25, 0.3) is 5.91 Å². The van der Waals surface area contributed by atoms with Gasteiger partial charge in [0.2, 0.25) is 0 Å². The number of imide groups is 1. The van der Waals surface area contributed by atoms with E-state index >= 15 is 0 Å². The number of halogens is 1. The van der Waals surface area contributed by atoms with E-state index in [0.717, 1.165) is 21.5 Å². The number of urea groups is 1. The Bertz CT molecular complexity index is 1110. The molecule has 158 valence electrons. The van der Waals surface area contributed by atoms with E-state index in [4.69, 9.17) is 16.3 Å². The van der Waals surface area contributed by atoms with Crippen LogP contribution in [0.5, 0.6) is 0 Å². The minimum Gasteiger partial charge on any atom is -0.448 e. The van der Waals surface area contributed by atoms with E-state index in [2.05, 4.69) is 15.7 Å². The van der Waals surface area contributed by atoms with Crippen LogP contribution in [0.25, 0.3) is 10.2 Å². The molecule has 0 aliphatic rings. The number of esters is 1. The highest BCUT2D eigenvalue weighted by Gasteiger charge is 2.23. The third kappa shape index (κ3) is 4.80. The van der Waals surface area contributed by atoms with Crippen LogP contribution in [0.1, 0.15) is 34.8 Å². The summed E-state index contributed by atoms with van der Waals surface area (Å²) in [6.07, 6.45) is -1.12. The molecule has 3 amide bonds. The van der Waals surface area contributed by atoms with Gasteiger partial charge in [0.15, 0.2) is 6.10 Å². The minimum atomic E-state index is -1.12. The van der Waals surface area contributed by atoms with Gasteiger partial charge < -0.3 is 10.1 Å². The maximum absolute atomic E-state index is 12.5. The van der Waals surface area contributed by atoms with Gasteiger partial charge in [-0.15, -0.1) is 11.3 Å². The third-order valence-corrected chi connectivity index (χ3v) is 5.81. The van der Waals surface area contributed by atoms with Gasteiger partial charge in [0.05, 0.1) is 12.2 Å². The number of nitrogens with zero attached hydrogens (tertiary/aromatic N) is 2. The fourth-order valence-electron chi connectivity index (χ4n) is 2.80. The maximum Gasteiger partial charge on any atom is 0.349 e. The normalized spacial score (nSPS) is 11.9. The van der Waals surface area contributed by atoms with E-state index in [-0.39, 0.29) is 0 Å². The number of thiophene rings is 1. The van der Waals surface area contributed by atoms with Gasteiger partial charge in [-0.25, -0.2) is 9.59 Å². The molecule has 3 aromatic rings. The van der Waals surface area contributed by atoms with Gasteiger partial charge in [0, 0.05) is 17.0 Å². The average molecular weight is 449 g/mol. The van der Waals surface area contributed by atoms with Crippen LogP contribution in [0.4, 0.5) is 4.79 Å². The summed E-state index contributed by atoms with van der Waals surface area (Å²) >= 11 is 7.48. The van der Waals surface area contributed by atoms with Crippen LogP contribution < -0.4 is 10.6 Å². The molecule has 0 aliphatic carbocycles.